The number of benzene rings is 1. The Hall–Kier alpha value is -1.46. The maximum Gasteiger partial charge on any atom is 0.226 e. The normalized spacial score (nSPS) is 20.7. The van der Waals surface area contributed by atoms with Crippen molar-refractivity contribution in [2.24, 2.45) is 11.3 Å². The Labute approximate surface area is 182 Å². The van der Waals surface area contributed by atoms with Crippen LogP contribution in [0.5, 0.6) is 0 Å². The second kappa shape index (κ2) is 11.1. The van der Waals surface area contributed by atoms with Crippen molar-refractivity contribution in [2.75, 3.05) is 13.6 Å². The van der Waals surface area contributed by atoms with E-state index in [4.69, 9.17) is 12.2 Å². The highest BCUT2D eigenvalue weighted by Gasteiger charge is 2.34. The van der Waals surface area contributed by atoms with Crippen molar-refractivity contribution in [3.05, 3.63) is 35.9 Å². The quantitative estimate of drug-likeness (QED) is 0.610. The minimum Gasteiger partial charge on any atom is -0.375 e. The molecule has 1 unspecified atom stereocenters. The molecule has 2 N–H and O–H groups in total. The van der Waals surface area contributed by atoms with E-state index >= 15 is 0 Å². The van der Waals surface area contributed by atoms with Gasteiger partial charge in [-0.1, -0.05) is 76.2 Å². The lowest BCUT2D eigenvalue weighted by Crippen LogP contribution is -2.52. The minimum atomic E-state index is -0.121. The van der Waals surface area contributed by atoms with Gasteiger partial charge in [0, 0.05) is 44.6 Å². The maximum absolute atomic E-state index is 12.9. The largest absolute Gasteiger partial charge is 0.375 e. The average Bonchev–Trinajstić information content (AvgIpc) is 2.70. The Kier molecular flexibility index (Phi) is 9.09. The highest BCUT2D eigenvalue weighted by molar-refractivity contribution is 7.80. The van der Waals surface area contributed by atoms with E-state index in [0.717, 1.165) is 30.9 Å². The lowest BCUT2D eigenvalue weighted by molar-refractivity contribution is -0.137. The molecular formula is C24H39N3OS. The van der Waals surface area contributed by atoms with Crippen molar-refractivity contribution < 1.29 is 4.79 Å². The van der Waals surface area contributed by atoms with Gasteiger partial charge in [0.05, 0.1) is 4.99 Å². The molecule has 0 bridgehead atoms. The first-order valence-electron chi connectivity index (χ1n) is 11.0. The fraction of sp³-hybridized carbons (Fsp3) is 0.667. The van der Waals surface area contributed by atoms with E-state index in [0.29, 0.717) is 18.5 Å². The SMILES string of the molecule is CCN(C)C(=O)[C@@H](CC(=S)NC1CCCC[C@@H]1NCc1ccccc1)C(C)(C)C. The molecule has 1 aromatic carbocycles. The number of thiocarbonyl (C=S) groups is 1. The first-order valence-corrected chi connectivity index (χ1v) is 11.4. The van der Waals surface area contributed by atoms with Gasteiger partial charge in [-0.25, -0.2) is 0 Å². The van der Waals surface area contributed by atoms with Crippen LogP contribution in [0.15, 0.2) is 30.3 Å². The molecule has 1 aliphatic carbocycles. The Bertz CT molecular complexity index is 656. The molecule has 1 saturated carbocycles. The van der Waals surface area contributed by atoms with Gasteiger partial charge in [-0.3, -0.25) is 4.79 Å². The lowest BCUT2D eigenvalue weighted by Gasteiger charge is -2.36. The van der Waals surface area contributed by atoms with Gasteiger partial charge in [0.15, 0.2) is 0 Å². The number of amides is 1. The summed E-state index contributed by atoms with van der Waals surface area (Å²) in [4.78, 5) is 15.5. The Morgan fingerprint density at radius 1 is 1.17 bits per heavy atom. The molecule has 1 aromatic rings. The van der Waals surface area contributed by atoms with E-state index in [1.165, 1.54) is 18.4 Å². The number of nitrogens with zero attached hydrogens (tertiary/aromatic N) is 1. The summed E-state index contributed by atoms with van der Waals surface area (Å²) < 4.78 is 0. The molecule has 1 amide bonds. The average molecular weight is 418 g/mol. The van der Waals surface area contributed by atoms with Crippen LogP contribution < -0.4 is 10.6 Å². The molecule has 0 aliphatic heterocycles. The summed E-state index contributed by atoms with van der Waals surface area (Å²) in [5, 5.41) is 7.35. The van der Waals surface area contributed by atoms with Gasteiger partial charge in [0.2, 0.25) is 5.91 Å². The summed E-state index contributed by atoms with van der Waals surface area (Å²) in [6, 6.07) is 11.3. The molecule has 0 radical (unpaired) electrons. The fourth-order valence-electron chi connectivity index (χ4n) is 4.03. The zero-order valence-electron chi connectivity index (χ0n) is 18.8. The molecule has 29 heavy (non-hydrogen) atoms. The monoisotopic (exact) mass is 417 g/mol. The molecule has 3 atom stereocenters. The molecule has 1 fully saturated rings. The molecule has 1 aliphatic rings. The van der Waals surface area contributed by atoms with Gasteiger partial charge in [-0.15, -0.1) is 0 Å². The van der Waals surface area contributed by atoms with E-state index in [9.17, 15) is 4.79 Å². The number of rotatable bonds is 8. The third-order valence-corrected chi connectivity index (χ3v) is 6.39. The van der Waals surface area contributed by atoms with E-state index in [1.54, 1.807) is 0 Å². The van der Waals surface area contributed by atoms with Crippen molar-refractivity contribution in [1.29, 1.82) is 0 Å². The highest BCUT2D eigenvalue weighted by Crippen LogP contribution is 2.31. The second-order valence-corrected chi connectivity index (χ2v) is 9.90. The zero-order valence-corrected chi connectivity index (χ0v) is 19.6. The molecule has 0 aromatic heterocycles. The minimum absolute atomic E-state index is 0.105. The van der Waals surface area contributed by atoms with E-state index in [1.807, 2.05) is 18.9 Å². The molecule has 0 spiro atoms. The Morgan fingerprint density at radius 2 is 1.79 bits per heavy atom. The molecule has 5 heteroatoms. The van der Waals surface area contributed by atoms with Gasteiger partial charge in [-0.2, -0.15) is 0 Å². The predicted octanol–water partition coefficient (Wildman–Crippen LogP) is 4.54. The highest BCUT2D eigenvalue weighted by atomic mass is 32.1. The van der Waals surface area contributed by atoms with Gasteiger partial charge >= 0.3 is 0 Å². The van der Waals surface area contributed by atoms with Crippen LogP contribution in [0, 0.1) is 11.3 Å². The summed E-state index contributed by atoms with van der Waals surface area (Å²) >= 11 is 5.74. The first kappa shape index (κ1) is 23.8. The standard InChI is InChI=1S/C24H39N3OS/c1-6-27(5)23(28)19(24(2,3)4)16-22(29)26-21-15-11-10-14-20(21)25-17-18-12-8-7-9-13-18/h7-9,12-13,19-21,25H,6,10-11,14-17H2,1-5H3,(H,26,29)/t19-,20+,21?/m1/s1. The van der Waals surface area contributed by atoms with E-state index < -0.39 is 0 Å². The summed E-state index contributed by atoms with van der Waals surface area (Å²) in [5.41, 5.74) is 1.18. The number of carbonyl (C=O) groups excluding carboxylic acids is 1. The lowest BCUT2D eigenvalue weighted by atomic mass is 9.77. The van der Waals surface area contributed by atoms with Crippen LogP contribution >= 0.6 is 12.2 Å². The fourth-order valence-corrected chi connectivity index (χ4v) is 4.35. The predicted molar refractivity (Wildman–Crippen MR) is 126 cm³/mol. The van der Waals surface area contributed by atoms with Crippen LogP contribution in [0.2, 0.25) is 0 Å². The molecule has 2 rings (SSSR count). The van der Waals surface area contributed by atoms with Crippen LogP contribution in [0.25, 0.3) is 0 Å². The topological polar surface area (TPSA) is 44.4 Å². The summed E-state index contributed by atoms with van der Waals surface area (Å²) in [6.45, 7) is 10.0. The summed E-state index contributed by atoms with van der Waals surface area (Å²) in [6.07, 6.45) is 5.37. The number of nitrogens with one attached hydrogen (secondary N) is 2. The molecule has 4 nitrogen and oxygen atoms in total. The Balaban J connectivity index is 1.97. The third kappa shape index (κ3) is 7.38. The number of hydrogen-bond acceptors (Lipinski definition) is 3. The Morgan fingerprint density at radius 3 is 2.38 bits per heavy atom. The van der Waals surface area contributed by atoms with Crippen molar-refractivity contribution in [3.63, 3.8) is 0 Å². The summed E-state index contributed by atoms with van der Waals surface area (Å²) in [5.74, 6) is 0.0818. The summed E-state index contributed by atoms with van der Waals surface area (Å²) in [7, 11) is 1.88. The second-order valence-electron chi connectivity index (χ2n) is 9.41. The van der Waals surface area contributed by atoms with Gasteiger partial charge in [-0.05, 0) is 30.7 Å². The number of carbonyl (C=O) groups is 1. The van der Waals surface area contributed by atoms with Crippen molar-refractivity contribution in [2.45, 2.75) is 78.4 Å². The van der Waals surface area contributed by atoms with Crippen LogP contribution in [-0.2, 0) is 11.3 Å². The molecular weight excluding hydrogens is 378 g/mol. The van der Waals surface area contributed by atoms with Gasteiger partial charge in [0.25, 0.3) is 0 Å². The third-order valence-electron chi connectivity index (χ3n) is 6.11. The van der Waals surface area contributed by atoms with Crippen LogP contribution in [0.1, 0.15) is 65.4 Å². The molecule has 0 saturated heterocycles. The number of hydrogen-bond donors (Lipinski definition) is 2. The maximum atomic E-state index is 12.9. The van der Waals surface area contributed by atoms with Crippen LogP contribution in [-0.4, -0.2) is 41.5 Å². The molecule has 162 valence electrons. The van der Waals surface area contributed by atoms with Crippen molar-refractivity contribution in [3.8, 4) is 0 Å². The van der Waals surface area contributed by atoms with Gasteiger partial charge < -0.3 is 15.5 Å². The van der Waals surface area contributed by atoms with Gasteiger partial charge in [0.1, 0.15) is 0 Å². The van der Waals surface area contributed by atoms with Crippen molar-refractivity contribution >= 4 is 23.1 Å². The van der Waals surface area contributed by atoms with Crippen molar-refractivity contribution in [1.82, 2.24) is 15.5 Å². The molecule has 0 heterocycles. The first-order chi connectivity index (χ1) is 13.7. The van der Waals surface area contributed by atoms with Crippen LogP contribution in [0.4, 0.5) is 0 Å². The van der Waals surface area contributed by atoms with Crippen LogP contribution in [0.3, 0.4) is 0 Å². The van der Waals surface area contributed by atoms with E-state index in [-0.39, 0.29) is 17.2 Å². The van der Waals surface area contributed by atoms with E-state index in [2.05, 4.69) is 61.7 Å². The zero-order chi connectivity index (χ0) is 21.4. The smallest absolute Gasteiger partial charge is 0.226 e.